The molecule has 0 amide bonds. The Labute approximate surface area is 396 Å². The van der Waals surface area contributed by atoms with Gasteiger partial charge in [-0.25, -0.2) is 0 Å². The Hall–Kier alpha value is -2.89. The number of unbranched alkanes of at least 4 members (excludes halogenated alkanes) is 28. The third kappa shape index (κ3) is 50.1. The zero-order chi connectivity index (χ0) is 46.5. The molecule has 0 aliphatic rings. The van der Waals surface area contributed by atoms with E-state index in [1.165, 1.54) is 122 Å². The smallest absolute Gasteiger partial charge is 0.306 e. The molecule has 1 unspecified atom stereocenters. The average Bonchev–Trinajstić information content (AvgIpc) is 3.29. The second kappa shape index (κ2) is 52.7. The van der Waals surface area contributed by atoms with Crippen LogP contribution in [0.25, 0.3) is 0 Å². The van der Waals surface area contributed by atoms with Gasteiger partial charge in [0.1, 0.15) is 13.2 Å². The number of rotatable bonds is 49. The van der Waals surface area contributed by atoms with Gasteiger partial charge in [-0.05, 0) is 96.3 Å². The first kappa shape index (κ1) is 61.1. The van der Waals surface area contributed by atoms with E-state index in [4.69, 9.17) is 14.2 Å². The van der Waals surface area contributed by atoms with Crippen molar-refractivity contribution >= 4 is 17.9 Å². The molecular formula is C58H102O6. The van der Waals surface area contributed by atoms with Crippen LogP contribution in [-0.4, -0.2) is 37.2 Å². The lowest BCUT2D eigenvalue weighted by molar-refractivity contribution is -0.167. The largest absolute Gasteiger partial charge is 0.462 e. The van der Waals surface area contributed by atoms with Crippen LogP contribution in [0.2, 0.25) is 0 Å². The van der Waals surface area contributed by atoms with Crippen molar-refractivity contribution < 1.29 is 28.6 Å². The highest BCUT2D eigenvalue weighted by Gasteiger charge is 2.19. The molecule has 0 aromatic heterocycles. The van der Waals surface area contributed by atoms with Crippen molar-refractivity contribution in [2.45, 2.75) is 277 Å². The van der Waals surface area contributed by atoms with E-state index in [9.17, 15) is 14.4 Å². The van der Waals surface area contributed by atoms with Crippen molar-refractivity contribution in [3.63, 3.8) is 0 Å². The standard InChI is InChI=1S/C58H102O6/c1-4-7-10-13-16-19-22-24-26-27-28-29-30-31-33-34-36-39-42-45-48-51-57(60)63-54-55(53-62-56(59)50-47-44-41-38-21-18-15-12-9-6-3)64-58(61)52-49-46-43-40-37-35-32-25-23-20-17-14-11-8-5-2/h8,11-12,15,17,20,25,27-28,32,55H,4-7,9-10,13-14,16,18-19,21-24,26,29-31,33-54H2,1-3H3/b11-8-,15-12-,20-17-,28-27-,32-25-. The number of hydrogen-bond acceptors (Lipinski definition) is 6. The van der Waals surface area contributed by atoms with Crippen molar-refractivity contribution in [3.05, 3.63) is 60.8 Å². The SMILES string of the molecule is CC/C=C\C/C=C\C/C=C\CCCCCCCC(=O)OC(COC(=O)CCCCCCC/C=C\CCC)COC(=O)CCCCCCCCCCC/C=C\CCCCCCCCCC. The summed E-state index contributed by atoms with van der Waals surface area (Å²) in [7, 11) is 0. The first-order chi connectivity index (χ1) is 31.5. The zero-order valence-corrected chi connectivity index (χ0v) is 42.3. The molecule has 0 aliphatic heterocycles. The lowest BCUT2D eigenvalue weighted by atomic mass is 10.1. The third-order valence-corrected chi connectivity index (χ3v) is 11.7. The fraction of sp³-hybridized carbons (Fsp3) is 0.776. The maximum atomic E-state index is 12.8. The molecule has 370 valence electrons. The fourth-order valence-electron chi connectivity index (χ4n) is 7.63. The lowest BCUT2D eigenvalue weighted by Gasteiger charge is -2.18. The van der Waals surface area contributed by atoms with E-state index in [1.54, 1.807) is 0 Å². The van der Waals surface area contributed by atoms with Gasteiger partial charge >= 0.3 is 17.9 Å². The molecule has 0 rings (SSSR count). The maximum Gasteiger partial charge on any atom is 0.306 e. The van der Waals surface area contributed by atoms with Gasteiger partial charge in [-0.3, -0.25) is 14.4 Å². The molecule has 6 nitrogen and oxygen atoms in total. The molecule has 0 spiro atoms. The van der Waals surface area contributed by atoms with Crippen molar-refractivity contribution in [1.82, 2.24) is 0 Å². The normalized spacial score (nSPS) is 12.5. The van der Waals surface area contributed by atoms with E-state index < -0.39 is 6.10 Å². The van der Waals surface area contributed by atoms with Crippen LogP contribution in [0.15, 0.2) is 60.8 Å². The van der Waals surface area contributed by atoms with Crippen LogP contribution in [0.3, 0.4) is 0 Å². The Bertz CT molecular complexity index is 1170. The van der Waals surface area contributed by atoms with E-state index in [0.29, 0.717) is 19.3 Å². The summed E-state index contributed by atoms with van der Waals surface area (Å²) in [5.74, 6) is -0.909. The summed E-state index contributed by atoms with van der Waals surface area (Å²) in [6.45, 7) is 6.46. The van der Waals surface area contributed by atoms with Gasteiger partial charge in [-0.15, -0.1) is 0 Å². The van der Waals surface area contributed by atoms with Crippen LogP contribution in [0, 0.1) is 0 Å². The van der Waals surface area contributed by atoms with E-state index in [1.807, 2.05) is 0 Å². The number of esters is 3. The minimum atomic E-state index is -0.786. The van der Waals surface area contributed by atoms with Crippen molar-refractivity contribution in [2.75, 3.05) is 13.2 Å². The maximum absolute atomic E-state index is 12.8. The van der Waals surface area contributed by atoms with Gasteiger partial charge in [0.05, 0.1) is 0 Å². The van der Waals surface area contributed by atoms with Gasteiger partial charge in [0.15, 0.2) is 6.10 Å². The Morgan fingerprint density at radius 1 is 0.328 bits per heavy atom. The topological polar surface area (TPSA) is 78.9 Å². The molecule has 0 bridgehead atoms. The predicted molar refractivity (Wildman–Crippen MR) is 275 cm³/mol. The van der Waals surface area contributed by atoms with Gasteiger partial charge < -0.3 is 14.2 Å². The van der Waals surface area contributed by atoms with Crippen LogP contribution in [-0.2, 0) is 28.6 Å². The molecule has 0 heterocycles. The number of ether oxygens (including phenoxy) is 3. The summed E-state index contributed by atoms with van der Waals surface area (Å²) in [6, 6.07) is 0. The molecule has 0 aromatic carbocycles. The van der Waals surface area contributed by atoms with Crippen LogP contribution >= 0.6 is 0 Å². The molecule has 64 heavy (non-hydrogen) atoms. The van der Waals surface area contributed by atoms with E-state index in [-0.39, 0.29) is 31.1 Å². The third-order valence-electron chi connectivity index (χ3n) is 11.7. The average molecular weight is 895 g/mol. The summed E-state index contributed by atoms with van der Waals surface area (Å²) in [5.41, 5.74) is 0. The van der Waals surface area contributed by atoms with Crippen molar-refractivity contribution in [3.8, 4) is 0 Å². The van der Waals surface area contributed by atoms with Crippen LogP contribution in [0.4, 0.5) is 0 Å². The molecule has 0 saturated heterocycles. The summed E-state index contributed by atoms with van der Waals surface area (Å²) in [5, 5.41) is 0. The van der Waals surface area contributed by atoms with Crippen LogP contribution in [0.5, 0.6) is 0 Å². The molecule has 1 atom stereocenters. The van der Waals surface area contributed by atoms with E-state index >= 15 is 0 Å². The first-order valence-electron chi connectivity index (χ1n) is 27.3. The summed E-state index contributed by atoms with van der Waals surface area (Å²) >= 11 is 0. The zero-order valence-electron chi connectivity index (χ0n) is 42.3. The molecule has 0 fully saturated rings. The Kier molecular flexibility index (Phi) is 50.4. The Morgan fingerprint density at radius 3 is 1.03 bits per heavy atom. The minimum Gasteiger partial charge on any atom is -0.462 e. The highest BCUT2D eigenvalue weighted by molar-refractivity contribution is 5.71. The minimum absolute atomic E-state index is 0.0845. The highest BCUT2D eigenvalue weighted by Crippen LogP contribution is 2.15. The lowest BCUT2D eigenvalue weighted by Crippen LogP contribution is -2.30. The predicted octanol–water partition coefficient (Wildman–Crippen LogP) is 18.0. The molecule has 0 N–H and O–H groups in total. The fourth-order valence-corrected chi connectivity index (χ4v) is 7.63. The van der Waals surface area contributed by atoms with Crippen LogP contribution < -0.4 is 0 Å². The monoisotopic (exact) mass is 895 g/mol. The second-order valence-corrected chi connectivity index (χ2v) is 18.1. The number of allylic oxidation sites excluding steroid dienone is 10. The number of hydrogen-bond donors (Lipinski definition) is 0. The van der Waals surface area contributed by atoms with Gasteiger partial charge in [0, 0.05) is 19.3 Å². The number of carbonyl (C=O) groups is 3. The van der Waals surface area contributed by atoms with Crippen molar-refractivity contribution in [2.24, 2.45) is 0 Å². The molecule has 0 radical (unpaired) electrons. The number of carbonyl (C=O) groups excluding carboxylic acids is 3. The molecule has 0 aliphatic carbocycles. The quantitative estimate of drug-likeness (QED) is 0.0262. The van der Waals surface area contributed by atoms with Gasteiger partial charge in [0.2, 0.25) is 0 Å². The summed E-state index contributed by atoms with van der Waals surface area (Å²) < 4.78 is 16.8. The second-order valence-electron chi connectivity index (χ2n) is 18.1. The van der Waals surface area contributed by atoms with Crippen molar-refractivity contribution in [1.29, 1.82) is 0 Å². The van der Waals surface area contributed by atoms with E-state index in [0.717, 1.165) is 109 Å². The Balaban J connectivity index is 4.30. The summed E-state index contributed by atoms with van der Waals surface area (Å²) in [4.78, 5) is 38.0. The molecule has 0 saturated carbocycles. The van der Waals surface area contributed by atoms with E-state index in [2.05, 4.69) is 81.5 Å². The van der Waals surface area contributed by atoms with Gasteiger partial charge in [-0.2, -0.15) is 0 Å². The Morgan fingerprint density at radius 2 is 0.641 bits per heavy atom. The first-order valence-corrected chi connectivity index (χ1v) is 27.3. The van der Waals surface area contributed by atoms with Crippen LogP contribution in [0.1, 0.15) is 271 Å². The molecular weight excluding hydrogens is 793 g/mol. The molecule has 0 aromatic rings. The summed E-state index contributed by atoms with van der Waals surface area (Å²) in [6.07, 6.45) is 65.0. The van der Waals surface area contributed by atoms with Gasteiger partial charge in [0.25, 0.3) is 0 Å². The molecule has 6 heteroatoms. The van der Waals surface area contributed by atoms with Gasteiger partial charge in [-0.1, -0.05) is 216 Å². The highest BCUT2D eigenvalue weighted by atomic mass is 16.6.